The summed E-state index contributed by atoms with van der Waals surface area (Å²) in [6, 6.07) is 28.7. The fraction of sp³-hybridized carbons (Fsp3) is 0.160. The summed E-state index contributed by atoms with van der Waals surface area (Å²) in [6.07, 6.45) is 0.821. The molecule has 3 N–H and O–H groups in total. The molecule has 31 heavy (non-hydrogen) atoms. The van der Waals surface area contributed by atoms with Gasteiger partial charge in [0.1, 0.15) is 0 Å². The third-order valence-electron chi connectivity index (χ3n) is 4.58. The van der Waals surface area contributed by atoms with Crippen LogP contribution in [0.5, 0.6) is 0 Å². The molecule has 1 aromatic heterocycles. The van der Waals surface area contributed by atoms with Crippen molar-refractivity contribution in [3.63, 3.8) is 0 Å². The number of nitrogens with zero attached hydrogens (tertiary/aromatic N) is 3. The standard InChI is InChI=1S/C25H26N6/c1-18(2)26-23-29-24(27-21-14-7-4-8-15-21)31-25(30-23)28-22-16-10-9-13-20(22)17-19-11-5-3-6-12-19/h3-16,18H,17H2,1-2H3,(H3,26,27,28,29,30,31). The van der Waals surface area contributed by atoms with Crippen molar-refractivity contribution in [3.05, 3.63) is 96.1 Å². The average molecular weight is 411 g/mol. The molecule has 156 valence electrons. The van der Waals surface area contributed by atoms with E-state index in [-0.39, 0.29) is 6.04 Å². The first-order chi connectivity index (χ1) is 15.2. The van der Waals surface area contributed by atoms with Crippen LogP contribution in [0.25, 0.3) is 0 Å². The van der Waals surface area contributed by atoms with E-state index in [0.29, 0.717) is 17.8 Å². The molecule has 0 bridgehead atoms. The minimum atomic E-state index is 0.199. The van der Waals surface area contributed by atoms with Crippen LogP contribution >= 0.6 is 0 Å². The first kappa shape index (κ1) is 20.3. The van der Waals surface area contributed by atoms with Crippen molar-refractivity contribution < 1.29 is 0 Å². The molecule has 0 saturated carbocycles. The van der Waals surface area contributed by atoms with Crippen molar-refractivity contribution in [2.75, 3.05) is 16.0 Å². The predicted molar refractivity (Wildman–Crippen MR) is 127 cm³/mol. The van der Waals surface area contributed by atoms with Crippen LogP contribution in [0, 0.1) is 0 Å². The lowest BCUT2D eigenvalue weighted by Crippen LogP contribution is -2.15. The molecule has 0 aliphatic rings. The van der Waals surface area contributed by atoms with Gasteiger partial charge in [-0.15, -0.1) is 0 Å². The summed E-state index contributed by atoms with van der Waals surface area (Å²) in [4.78, 5) is 13.7. The molecule has 3 aromatic carbocycles. The largest absolute Gasteiger partial charge is 0.352 e. The first-order valence-corrected chi connectivity index (χ1v) is 10.4. The Labute approximate surface area is 182 Å². The monoisotopic (exact) mass is 410 g/mol. The number of rotatable bonds is 8. The van der Waals surface area contributed by atoms with E-state index >= 15 is 0 Å². The van der Waals surface area contributed by atoms with Crippen LogP contribution < -0.4 is 16.0 Å². The molecular formula is C25H26N6. The smallest absolute Gasteiger partial charge is 0.233 e. The van der Waals surface area contributed by atoms with Crippen molar-refractivity contribution in [2.24, 2.45) is 0 Å². The second-order valence-corrected chi connectivity index (χ2v) is 7.54. The predicted octanol–water partition coefficient (Wildman–Crippen LogP) is 5.77. The highest BCUT2D eigenvalue weighted by Crippen LogP contribution is 2.23. The number of anilines is 5. The highest BCUT2D eigenvalue weighted by molar-refractivity contribution is 5.62. The molecule has 0 atom stereocenters. The molecular weight excluding hydrogens is 384 g/mol. The summed E-state index contributed by atoms with van der Waals surface area (Å²) in [7, 11) is 0. The van der Waals surface area contributed by atoms with Crippen LogP contribution in [0.2, 0.25) is 0 Å². The molecule has 0 aliphatic heterocycles. The number of aromatic nitrogens is 3. The highest BCUT2D eigenvalue weighted by Gasteiger charge is 2.10. The fourth-order valence-corrected chi connectivity index (χ4v) is 3.19. The third kappa shape index (κ3) is 5.79. The van der Waals surface area contributed by atoms with Gasteiger partial charge in [0.05, 0.1) is 0 Å². The molecule has 6 heteroatoms. The van der Waals surface area contributed by atoms with Crippen molar-refractivity contribution in [3.8, 4) is 0 Å². The zero-order chi connectivity index (χ0) is 21.5. The van der Waals surface area contributed by atoms with E-state index in [1.807, 2.05) is 54.6 Å². The Morgan fingerprint density at radius 1 is 0.645 bits per heavy atom. The Kier molecular flexibility index (Phi) is 6.38. The van der Waals surface area contributed by atoms with E-state index in [0.717, 1.165) is 17.8 Å². The van der Waals surface area contributed by atoms with Crippen LogP contribution in [-0.4, -0.2) is 21.0 Å². The van der Waals surface area contributed by atoms with Gasteiger partial charge >= 0.3 is 0 Å². The Balaban J connectivity index is 1.62. The number of nitrogens with one attached hydrogen (secondary N) is 3. The summed E-state index contributed by atoms with van der Waals surface area (Å²) >= 11 is 0. The Morgan fingerprint density at radius 2 is 1.23 bits per heavy atom. The van der Waals surface area contributed by atoms with Crippen LogP contribution in [0.4, 0.5) is 29.2 Å². The average Bonchev–Trinajstić information content (AvgIpc) is 2.76. The zero-order valence-corrected chi connectivity index (χ0v) is 17.7. The first-order valence-electron chi connectivity index (χ1n) is 10.4. The lowest BCUT2D eigenvalue weighted by molar-refractivity contribution is 0.869. The number of hydrogen-bond donors (Lipinski definition) is 3. The molecule has 0 radical (unpaired) electrons. The third-order valence-corrected chi connectivity index (χ3v) is 4.58. The maximum atomic E-state index is 4.59. The van der Waals surface area contributed by atoms with Crippen LogP contribution in [0.15, 0.2) is 84.9 Å². The van der Waals surface area contributed by atoms with E-state index in [1.54, 1.807) is 0 Å². The normalized spacial score (nSPS) is 10.7. The summed E-state index contributed by atoms with van der Waals surface area (Å²) in [5.74, 6) is 1.48. The second-order valence-electron chi connectivity index (χ2n) is 7.54. The molecule has 0 saturated heterocycles. The maximum Gasteiger partial charge on any atom is 0.233 e. The lowest BCUT2D eigenvalue weighted by atomic mass is 10.0. The zero-order valence-electron chi connectivity index (χ0n) is 17.7. The summed E-state index contributed by atoms with van der Waals surface area (Å²) in [5.41, 5.74) is 4.31. The quantitative estimate of drug-likeness (QED) is 0.342. The van der Waals surface area contributed by atoms with Crippen molar-refractivity contribution in [2.45, 2.75) is 26.3 Å². The van der Waals surface area contributed by atoms with Gasteiger partial charge in [0.15, 0.2) is 0 Å². The van der Waals surface area contributed by atoms with E-state index in [9.17, 15) is 0 Å². The molecule has 0 unspecified atom stereocenters. The van der Waals surface area contributed by atoms with E-state index in [4.69, 9.17) is 0 Å². The highest BCUT2D eigenvalue weighted by atomic mass is 15.3. The van der Waals surface area contributed by atoms with Crippen molar-refractivity contribution in [1.82, 2.24) is 15.0 Å². The molecule has 0 amide bonds. The van der Waals surface area contributed by atoms with Gasteiger partial charge in [-0.3, -0.25) is 0 Å². The minimum absolute atomic E-state index is 0.199. The molecule has 0 spiro atoms. The number of para-hydroxylation sites is 2. The van der Waals surface area contributed by atoms with Gasteiger partial charge in [0.25, 0.3) is 0 Å². The summed E-state index contributed by atoms with van der Waals surface area (Å²) < 4.78 is 0. The Morgan fingerprint density at radius 3 is 1.94 bits per heavy atom. The molecule has 6 nitrogen and oxygen atoms in total. The molecule has 1 heterocycles. The van der Waals surface area contributed by atoms with E-state index in [2.05, 4.69) is 75.1 Å². The number of benzene rings is 3. The van der Waals surface area contributed by atoms with Crippen LogP contribution in [-0.2, 0) is 6.42 Å². The Bertz CT molecular complexity index is 1110. The van der Waals surface area contributed by atoms with Crippen LogP contribution in [0.3, 0.4) is 0 Å². The van der Waals surface area contributed by atoms with Crippen molar-refractivity contribution >= 4 is 29.2 Å². The Hall–Kier alpha value is -3.93. The molecule has 4 aromatic rings. The van der Waals surface area contributed by atoms with Gasteiger partial charge in [0.2, 0.25) is 17.8 Å². The second kappa shape index (κ2) is 9.71. The molecule has 0 fully saturated rings. The number of hydrogen-bond acceptors (Lipinski definition) is 6. The minimum Gasteiger partial charge on any atom is -0.352 e. The van der Waals surface area contributed by atoms with Crippen molar-refractivity contribution in [1.29, 1.82) is 0 Å². The molecule has 0 aliphatic carbocycles. The topological polar surface area (TPSA) is 74.8 Å². The van der Waals surface area contributed by atoms with Gasteiger partial charge < -0.3 is 16.0 Å². The SMILES string of the molecule is CC(C)Nc1nc(Nc2ccccc2)nc(Nc2ccccc2Cc2ccccc2)n1. The molecule has 4 rings (SSSR count). The summed E-state index contributed by atoms with van der Waals surface area (Å²) in [6.45, 7) is 4.10. The summed E-state index contributed by atoms with van der Waals surface area (Å²) in [5, 5.41) is 9.92. The van der Waals surface area contributed by atoms with Gasteiger partial charge in [-0.05, 0) is 49.6 Å². The van der Waals surface area contributed by atoms with E-state index in [1.165, 1.54) is 11.1 Å². The van der Waals surface area contributed by atoms with Gasteiger partial charge in [-0.2, -0.15) is 15.0 Å². The fourth-order valence-electron chi connectivity index (χ4n) is 3.19. The van der Waals surface area contributed by atoms with Crippen LogP contribution in [0.1, 0.15) is 25.0 Å². The lowest BCUT2D eigenvalue weighted by Gasteiger charge is -2.14. The van der Waals surface area contributed by atoms with Gasteiger partial charge in [-0.25, -0.2) is 0 Å². The van der Waals surface area contributed by atoms with E-state index < -0.39 is 0 Å². The van der Waals surface area contributed by atoms with Gasteiger partial charge in [-0.1, -0.05) is 66.7 Å². The maximum absolute atomic E-state index is 4.59. The van der Waals surface area contributed by atoms with Gasteiger partial charge in [0, 0.05) is 17.4 Å².